The topological polar surface area (TPSA) is 59.2 Å². The van der Waals surface area contributed by atoms with Crippen LogP contribution in [-0.2, 0) is 4.79 Å². The van der Waals surface area contributed by atoms with Gasteiger partial charge in [0.25, 0.3) is 0 Å². The second-order valence-corrected chi connectivity index (χ2v) is 6.22. The summed E-state index contributed by atoms with van der Waals surface area (Å²) in [6.45, 7) is 5.44. The summed E-state index contributed by atoms with van der Waals surface area (Å²) in [5.74, 6) is 0.408. The molecular formula is C14H17N3OS. The van der Waals surface area contributed by atoms with Gasteiger partial charge in [-0.1, -0.05) is 11.3 Å². The van der Waals surface area contributed by atoms with Crippen molar-refractivity contribution in [3.05, 3.63) is 23.3 Å². The second kappa shape index (κ2) is 4.58. The number of fused-ring (bicyclic) bond motifs is 1. The normalized spacial score (nSPS) is 19.6. The number of aryl methyl sites for hydroxylation is 2. The molecule has 0 saturated carbocycles. The maximum absolute atomic E-state index is 12.0. The van der Waals surface area contributed by atoms with Crippen LogP contribution in [0.1, 0.15) is 17.5 Å². The van der Waals surface area contributed by atoms with E-state index in [2.05, 4.69) is 31.0 Å². The number of benzene rings is 1. The SMILES string of the molecule is Cc1cc2nc(N3CC(CN)CC3=O)sc2cc1C. The molecule has 0 aliphatic carbocycles. The van der Waals surface area contributed by atoms with Crippen LogP contribution in [0.4, 0.5) is 5.13 Å². The van der Waals surface area contributed by atoms with Crippen molar-refractivity contribution in [2.24, 2.45) is 11.7 Å². The first-order chi connectivity index (χ1) is 9.08. The Hall–Kier alpha value is -1.46. The lowest BCUT2D eigenvalue weighted by Gasteiger charge is -2.11. The maximum atomic E-state index is 12.0. The summed E-state index contributed by atoms with van der Waals surface area (Å²) in [5.41, 5.74) is 9.13. The largest absolute Gasteiger partial charge is 0.330 e. The molecule has 100 valence electrons. The number of carbonyl (C=O) groups is 1. The van der Waals surface area contributed by atoms with Crippen LogP contribution in [0.15, 0.2) is 12.1 Å². The average Bonchev–Trinajstić information content (AvgIpc) is 2.93. The lowest BCUT2D eigenvalue weighted by Crippen LogP contribution is -2.25. The summed E-state index contributed by atoms with van der Waals surface area (Å²) >= 11 is 1.59. The van der Waals surface area contributed by atoms with Gasteiger partial charge < -0.3 is 5.73 Å². The van der Waals surface area contributed by atoms with E-state index in [4.69, 9.17) is 5.73 Å². The third-order valence-electron chi connectivity index (χ3n) is 3.76. The van der Waals surface area contributed by atoms with Crippen molar-refractivity contribution in [3.8, 4) is 0 Å². The van der Waals surface area contributed by atoms with E-state index in [-0.39, 0.29) is 11.8 Å². The zero-order chi connectivity index (χ0) is 13.6. The number of carbonyl (C=O) groups excluding carboxylic acids is 1. The van der Waals surface area contributed by atoms with E-state index in [0.717, 1.165) is 15.3 Å². The molecule has 19 heavy (non-hydrogen) atoms. The minimum Gasteiger partial charge on any atom is -0.330 e. The van der Waals surface area contributed by atoms with E-state index < -0.39 is 0 Å². The Bertz CT molecular complexity index is 610. The molecule has 5 heteroatoms. The van der Waals surface area contributed by atoms with E-state index >= 15 is 0 Å². The molecule has 1 aromatic heterocycles. The molecule has 1 amide bonds. The number of hydrogen-bond donors (Lipinski definition) is 1. The predicted molar refractivity (Wildman–Crippen MR) is 78.6 cm³/mol. The van der Waals surface area contributed by atoms with Crippen LogP contribution in [0, 0.1) is 19.8 Å². The molecule has 0 spiro atoms. The van der Waals surface area contributed by atoms with Crippen LogP contribution >= 0.6 is 11.3 Å². The highest BCUT2D eigenvalue weighted by Gasteiger charge is 2.31. The second-order valence-electron chi connectivity index (χ2n) is 5.21. The van der Waals surface area contributed by atoms with Crippen LogP contribution in [0.2, 0.25) is 0 Å². The molecule has 1 saturated heterocycles. The lowest BCUT2D eigenvalue weighted by atomic mass is 10.1. The molecule has 1 aliphatic rings. The fraction of sp³-hybridized carbons (Fsp3) is 0.429. The molecule has 3 rings (SSSR count). The van der Waals surface area contributed by atoms with Gasteiger partial charge in [0.15, 0.2) is 5.13 Å². The Morgan fingerprint density at radius 1 is 1.42 bits per heavy atom. The highest BCUT2D eigenvalue weighted by Crippen LogP contribution is 2.33. The van der Waals surface area contributed by atoms with Crippen molar-refractivity contribution in [2.45, 2.75) is 20.3 Å². The van der Waals surface area contributed by atoms with Crippen LogP contribution in [0.5, 0.6) is 0 Å². The lowest BCUT2D eigenvalue weighted by molar-refractivity contribution is -0.117. The molecular weight excluding hydrogens is 258 g/mol. The first-order valence-electron chi connectivity index (χ1n) is 6.46. The van der Waals surface area contributed by atoms with Gasteiger partial charge in [0.2, 0.25) is 5.91 Å². The van der Waals surface area contributed by atoms with Gasteiger partial charge in [-0.05, 0) is 49.6 Å². The zero-order valence-corrected chi connectivity index (χ0v) is 12.0. The van der Waals surface area contributed by atoms with Crippen molar-refractivity contribution in [2.75, 3.05) is 18.0 Å². The summed E-state index contributed by atoms with van der Waals surface area (Å²) < 4.78 is 1.14. The van der Waals surface area contributed by atoms with Crippen molar-refractivity contribution >= 4 is 32.6 Å². The average molecular weight is 275 g/mol. The number of nitrogens with zero attached hydrogens (tertiary/aromatic N) is 2. The first kappa shape index (κ1) is 12.6. The number of aromatic nitrogens is 1. The fourth-order valence-electron chi connectivity index (χ4n) is 2.41. The van der Waals surface area contributed by atoms with Gasteiger partial charge in [-0.2, -0.15) is 0 Å². The van der Waals surface area contributed by atoms with Crippen molar-refractivity contribution in [1.29, 1.82) is 0 Å². The molecule has 0 bridgehead atoms. The van der Waals surface area contributed by atoms with Crippen LogP contribution in [-0.4, -0.2) is 24.0 Å². The van der Waals surface area contributed by atoms with Gasteiger partial charge in [0, 0.05) is 13.0 Å². The molecule has 1 fully saturated rings. The van der Waals surface area contributed by atoms with Gasteiger partial charge >= 0.3 is 0 Å². The van der Waals surface area contributed by atoms with Gasteiger partial charge in [0.05, 0.1) is 10.2 Å². The van der Waals surface area contributed by atoms with Crippen molar-refractivity contribution in [3.63, 3.8) is 0 Å². The predicted octanol–water partition coefficient (Wildman–Crippen LogP) is 2.22. The fourth-order valence-corrected chi connectivity index (χ4v) is 3.48. The third-order valence-corrected chi connectivity index (χ3v) is 4.80. The Balaban J connectivity index is 2.00. The maximum Gasteiger partial charge on any atom is 0.229 e. The smallest absolute Gasteiger partial charge is 0.229 e. The molecule has 1 aromatic carbocycles. The highest BCUT2D eigenvalue weighted by atomic mass is 32.1. The van der Waals surface area contributed by atoms with Gasteiger partial charge in [-0.15, -0.1) is 0 Å². The minimum atomic E-state index is 0.142. The zero-order valence-electron chi connectivity index (χ0n) is 11.1. The quantitative estimate of drug-likeness (QED) is 0.914. The van der Waals surface area contributed by atoms with E-state index in [1.807, 2.05) is 0 Å². The summed E-state index contributed by atoms with van der Waals surface area (Å²) in [6, 6.07) is 4.23. The van der Waals surface area contributed by atoms with Crippen LogP contribution < -0.4 is 10.6 Å². The number of anilines is 1. The Morgan fingerprint density at radius 3 is 2.84 bits per heavy atom. The Labute approximate surface area is 116 Å². The van der Waals surface area contributed by atoms with Gasteiger partial charge in [-0.25, -0.2) is 4.98 Å². The Morgan fingerprint density at radius 2 is 2.16 bits per heavy atom. The summed E-state index contributed by atoms with van der Waals surface area (Å²) in [6.07, 6.45) is 0.546. The van der Waals surface area contributed by atoms with Crippen molar-refractivity contribution in [1.82, 2.24) is 4.98 Å². The molecule has 2 N–H and O–H groups in total. The summed E-state index contributed by atoms with van der Waals surface area (Å²) in [5, 5.41) is 0.806. The number of nitrogens with two attached hydrogens (primary N) is 1. The monoisotopic (exact) mass is 275 g/mol. The standard InChI is InChI=1S/C14H17N3OS/c1-8-3-11-12(4-9(8)2)19-14(16-11)17-7-10(6-15)5-13(17)18/h3-4,10H,5-7,15H2,1-2H3. The van der Waals surface area contributed by atoms with E-state index in [1.54, 1.807) is 16.2 Å². The Kier molecular flexibility index (Phi) is 3.03. The van der Waals surface area contributed by atoms with Gasteiger partial charge in [-0.3, -0.25) is 9.69 Å². The van der Waals surface area contributed by atoms with Crippen LogP contribution in [0.25, 0.3) is 10.2 Å². The van der Waals surface area contributed by atoms with E-state index in [1.165, 1.54) is 11.1 Å². The molecule has 1 aliphatic heterocycles. The summed E-state index contributed by atoms with van der Waals surface area (Å²) in [4.78, 5) is 18.4. The number of amides is 1. The first-order valence-corrected chi connectivity index (χ1v) is 7.28. The molecule has 0 radical (unpaired) electrons. The van der Waals surface area contributed by atoms with E-state index in [0.29, 0.717) is 19.5 Å². The molecule has 2 heterocycles. The van der Waals surface area contributed by atoms with Gasteiger partial charge in [0.1, 0.15) is 0 Å². The molecule has 1 atom stereocenters. The number of hydrogen-bond acceptors (Lipinski definition) is 4. The highest BCUT2D eigenvalue weighted by molar-refractivity contribution is 7.22. The molecule has 1 unspecified atom stereocenters. The molecule has 2 aromatic rings. The minimum absolute atomic E-state index is 0.142. The number of rotatable bonds is 2. The van der Waals surface area contributed by atoms with Crippen molar-refractivity contribution < 1.29 is 4.79 Å². The van der Waals surface area contributed by atoms with E-state index in [9.17, 15) is 4.79 Å². The molecule has 4 nitrogen and oxygen atoms in total. The summed E-state index contributed by atoms with van der Waals surface area (Å²) in [7, 11) is 0. The third kappa shape index (κ3) is 2.13. The number of thiazole rings is 1. The van der Waals surface area contributed by atoms with Crippen LogP contribution in [0.3, 0.4) is 0 Å².